The number of benzene rings is 1. The van der Waals surface area contributed by atoms with Gasteiger partial charge in [-0.1, -0.05) is 24.2 Å². The first kappa shape index (κ1) is 21.1. The molecule has 0 saturated carbocycles. The van der Waals surface area contributed by atoms with Crippen molar-refractivity contribution in [1.29, 1.82) is 0 Å². The van der Waals surface area contributed by atoms with E-state index in [1.165, 1.54) is 6.07 Å². The molecule has 0 radical (unpaired) electrons. The van der Waals surface area contributed by atoms with Gasteiger partial charge in [-0.25, -0.2) is 4.39 Å². The molecule has 2 rings (SSSR count). The SMILES string of the molecule is CCC(CNC(=NC)NCc1noc(C)n1)Oc1ccccc1F.I. The zero-order valence-electron chi connectivity index (χ0n) is 14.5. The number of hydrogen-bond donors (Lipinski definition) is 2. The van der Waals surface area contributed by atoms with Crippen LogP contribution < -0.4 is 15.4 Å². The fraction of sp³-hybridized carbons (Fsp3) is 0.438. The van der Waals surface area contributed by atoms with E-state index in [-0.39, 0.29) is 41.6 Å². The Bertz CT molecular complexity index is 680. The standard InChI is InChI=1S/C16H22FN5O2.HI/c1-4-12(23-14-8-6-5-7-13(14)17)9-19-16(18-3)20-10-15-21-11(2)24-22-15;/h5-8,12H,4,9-10H2,1-3H3,(H2,18,19,20);1H. The van der Waals surface area contributed by atoms with Crippen LogP contribution >= 0.6 is 24.0 Å². The highest BCUT2D eigenvalue weighted by molar-refractivity contribution is 14.0. The maximum atomic E-state index is 13.7. The zero-order valence-corrected chi connectivity index (χ0v) is 16.8. The number of aliphatic imine (C=N–C) groups is 1. The third-order valence-electron chi connectivity index (χ3n) is 3.29. The van der Waals surface area contributed by atoms with Crippen molar-refractivity contribution in [3.8, 4) is 5.75 Å². The fourth-order valence-electron chi connectivity index (χ4n) is 2.00. The molecule has 0 spiro atoms. The van der Waals surface area contributed by atoms with Gasteiger partial charge in [0, 0.05) is 14.0 Å². The van der Waals surface area contributed by atoms with E-state index < -0.39 is 0 Å². The largest absolute Gasteiger partial charge is 0.486 e. The maximum Gasteiger partial charge on any atom is 0.223 e. The van der Waals surface area contributed by atoms with Gasteiger partial charge in [-0.3, -0.25) is 4.99 Å². The molecule has 7 nitrogen and oxygen atoms in total. The number of guanidine groups is 1. The van der Waals surface area contributed by atoms with Crippen molar-refractivity contribution in [1.82, 2.24) is 20.8 Å². The number of para-hydroxylation sites is 1. The summed E-state index contributed by atoms with van der Waals surface area (Å²) in [6.07, 6.45) is 0.537. The fourth-order valence-corrected chi connectivity index (χ4v) is 2.00. The third-order valence-corrected chi connectivity index (χ3v) is 3.29. The Kier molecular flexibility index (Phi) is 9.17. The molecule has 1 heterocycles. The number of aryl methyl sites for hydroxylation is 1. The minimum atomic E-state index is -0.370. The number of rotatable bonds is 7. The Morgan fingerprint density at radius 2 is 2.12 bits per heavy atom. The quantitative estimate of drug-likeness (QED) is 0.373. The Labute approximate surface area is 163 Å². The second kappa shape index (κ2) is 10.9. The van der Waals surface area contributed by atoms with Crippen LogP contribution in [0.3, 0.4) is 0 Å². The first-order valence-electron chi connectivity index (χ1n) is 7.77. The van der Waals surface area contributed by atoms with Crippen molar-refractivity contribution in [3.63, 3.8) is 0 Å². The molecule has 1 unspecified atom stereocenters. The number of hydrogen-bond acceptors (Lipinski definition) is 5. The van der Waals surface area contributed by atoms with Crippen LogP contribution in [0.2, 0.25) is 0 Å². The van der Waals surface area contributed by atoms with Crippen LogP contribution in [-0.2, 0) is 6.54 Å². The maximum absolute atomic E-state index is 13.7. The monoisotopic (exact) mass is 463 g/mol. The lowest BCUT2D eigenvalue weighted by atomic mass is 10.2. The van der Waals surface area contributed by atoms with Gasteiger partial charge in [0.05, 0.1) is 13.1 Å². The average molecular weight is 463 g/mol. The van der Waals surface area contributed by atoms with E-state index in [9.17, 15) is 4.39 Å². The summed E-state index contributed by atoms with van der Waals surface area (Å²) in [4.78, 5) is 8.22. The Morgan fingerprint density at radius 1 is 1.36 bits per heavy atom. The van der Waals surface area contributed by atoms with Gasteiger partial charge < -0.3 is 19.9 Å². The minimum absolute atomic E-state index is 0. The van der Waals surface area contributed by atoms with E-state index in [1.807, 2.05) is 6.92 Å². The van der Waals surface area contributed by atoms with Crippen molar-refractivity contribution in [2.24, 2.45) is 4.99 Å². The highest BCUT2D eigenvalue weighted by Gasteiger charge is 2.12. The van der Waals surface area contributed by atoms with Gasteiger partial charge in [-0.2, -0.15) is 4.98 Å². The van der Waals surface area contributed by atoms with Crippen molar-refractivity contribution >= 4 is 29.9 Å². The number of ether oxygens (including phenoxy) is 1. The molecule has 0 saturated heterocycles. The van der Waals surface area contributed by atoms with E-state index in [2.05, 4.69) is 25.8 Å². The van der Waals surface area contributed by atoms with E-state index in [0.29, 0.717) is 30.8 Å². The number of aromatic nitrogens is 2. The molecule has 0 amide bonds. The van der Waals surface area contributed by atoms with Crippen LogP contribution in [0.4, 0.5) is 4.39 Å². The highest BCUT2D eigenvalue weighted by Crippen LogP contribution is 2.17. The first-order valence-corrected chi connectivity index (χ1v) is 7.77. The summed E-state index contributed by atoms with van der Waals surface area (Å²) in [5.41, 5.74) is 0. The van der Waals surface area contributed by atoms with Gasteiger partial charge in [0.25, 0.3) is 0 Å². The van der Waals surface area contributed by atoms with Gasteiger partial charge in [0.15, 0.2) is 23.4 Å². The molecule has 0 aliphatic rings. The van der Waals surface area contributed by atoms with Gasteiger partial charge in [-0.15, -0.1) is 24.0 Å². The van der Waals surface area contributed by atoms with Crippen molar-refractivity contribution < 1.29 is 13.7 Å². The molecule has 138 valence electrons. The molecule has 1 aromatic heterocycles. The van der Waals surface area contributed by atoms with Crippen molar-refractivity contribution in [2.75, 3.05) is 13.6 Å². The molecule has 2 aromatic rings. The van der Waals surface area contributed by atoms with Crippen molar-refractivity contribution in [3.05, 3.63) is 41.8 Å². The van der Waals surface area contributed by atoms with Gasteiger partial charge in [0.1, 0.15) is 6.10 Å². The summed E-state index contributed by atoms with van der Waals surface area (Å²) in [5, 5.41) is 10.0. The lowest BCUT2D eigenvalue weighted by Crippen LogP contribution is -2.42. The van der Waals surface area contributed by atoms with E-state index in [1.54, 1.807) is 32.2 Å². The lowest BCUT2D eigenvalue weighted by molar-refractivity contribution is 0.191. The lowest BCUT2D eigenvalue weighted by Gasteiger charge is -2.20. The molecule has 0 fully saturated rings. The number of halogens is 2. The molecule has 0 aliphatic carbocycles. The van der Waals surface area contributed by atoms with Gasteiger partial charge in [-0.05, 0) is 18.6 Å². The Balaban J connectivity index is 0.00000312. The molecule has 1 atom stereocenters. The van der Waals surface area contributed by atoms with Crippen LogP contribution in [0.5, 0.6) is 5.75 Å². The molecule has 9 heteroatoms. The molecule has 1 aromatic carbocycles. The zero-order chi connectivity index (χ0) is 17.4. The summed E-state index contributed by atoms with van der Waals surface area (Å²) in [7, 11) is 1.66. The first-order chi connectivity index (χ1) is 11.6. The number of nitrogens with one attached hydrogen (secondary N) is 2. The predicted molar refractivity (Wildman–Crippen MR) is 104 cm³/mol. The number of nitrogens with zero attached hydrogens (tertiary/aromatic N) is 3. The molecule has 0 aliphatic heterocycles. The minimum Gasteiger partial charge on any atom is -0.486 e. The average Bonchev–Trinajstić information content (AvgIpc) is 3.01. The van der Waals surface area contributed by atoms with Crippen LogP contribution in [0.1, 0.15) is 25.1 Å². The van der Waals surface area contributed by atoms with Crippen LogP contribution in [0.15, 0.2) is 33.8 Å². The normalized spacial score (nSPS) is 12.2. The van der Waals surface area contributed by atoms with Crippen molar-refractivity contribution in [2.45, 2.75) is 32.9 Å². The third kappa shape index (κ3) is 6.85. The van der Waals surface area contributed by atoms with Crippen LogP contribution in [0.25, 0.3) is 0 Å². The summed E-state index contributed by atoms with van der Waals surface area (Å²) >= 11 is 0. The van der Waals surface area contributed by atoms with E-state index in [0.717, 1.165) is 6.42 Å². The molecular weight excluding hydrogens is 440 g/mol. The Hall–Kier alpha value is -1.91. The molecular formula is C16H23FIN5O2. The van der Waals surface area contributed by atoms with E-state index in [4.69, 9.17) is 9.26 Å². The highest BCUT2D eigenvalue weighted by atomic mass is 127. The summed E-state index contributed by atoms with van der Waals surface area (Å²) in [5.74, 6) is 1.51. The second-order valence-corrected chi connectivity index (χ2v) is 5.11. The summed E-state index contributed by atoms with van der Waals surface area (Å²) in [6, 6.07) is 6.37. The van der Waals surface area contributed by atoms with Crippen LogP contribution in [-0.4, -0.2) is 35.8 Å². The summed E-state index contributed by atoms with van der Waals surface area (Å²) in [6.45, 7) is 4.58. The van der Waals surface area contributed by atoms with Crippen LogP contribution in [0, 0.1) is 12.7 Å². The Morgan fingerprint density at radius 3 is 2.72 bits per heavy atom. The second-order valence-electron chi connectivity index (χ2n) is 5.11. The van der Waals surface area contributed by atoms with E-state index >= 15 is 0 Å². The smallest absolute Gasteiger partial charge is 0.223 e. The molecule has 0 bridgehead atoms. The van der Waals surface area contributed by atoms with Gasteiger partial charge in [0.2, 0.25) is 5.89 Å². The van der Waals surface area contributed by atoms with Gasteiger partial charge >= 0.3 is 0 Å². The summed E-state index contributed by atoms with van der Waals surface area (Å²) < 4.78 is 24.3. The predicted octanol–water partition coefficient (Wildman–Crippen LogP) is 2.66. The topological polar surface area (TPSA) is 84.6 Å². The molecule has 2 N–H and O–H groups in total. The molecule has 25 heavy (non-hydrogen) atoms.